The van der Waals surface area contributed by atoms with E-state index in [2.05, 4.69) is 0 Å². The van der Waals surface area contributed by atoms with Gasteiger partial charge in [0.25, 0.3) is 0 Å². The average molecular weight is 436 g/mol. The SMILES string of the molecule is O=C(O)C(=O)F.O=C(O)C(=O)F.O=C(O)C(=O)F.O=C(O)C(=O)F.[Li+].[O-]B(O)O. The summed E-state index contributed by atoms with van der Waals surface area (Å²) in [6, 6.07) is -9.30. The zero-order chi connectivity index (χ0) is 24.2. The molecule has 0 unspecified atom stereocenters. The summed E-state index contributed by atoms with van der Waals surface area (Å²) in [6.07, 6.45) is 0. The average Bonchev–Trinajstić information content (AvgIpc) is 2.47. The summed E-state index contributed by atoms with van der Waals surface area (Å²) >= 11 is 0. The van der Waals surface area contributed by atoms with Crippen LogP contribution in [0.2, 0.25) is 0 Å². The summed E-state index contributed by atoms with van der Waals surface area (Å²) < 4.78 is 42.3. The Morgan fingerprint density at radius 3 is 0.552 bits per heavy atom. The van der Waals surface area contributed by atoms with E-state index in [9.17, 15) is 17.6 Å². The molecule has 0 aromatic heterocycles. The zero-order valence-electron chi connectivity index (χ0n) is 13.4. The topological polar surface area (TPSA) is 281 Å². The van der Waals surface area contributed by atoms with Crippen molar-refractivity contribution in [1.82, 2.24) is 0 Å². The molecular formula is C8H6BF4LiO15. The molecule has 0 fully saturated rings. The van der Waals surface area contributed by atoms with Gasteiger partial charge in [0.1, 0.15) is 0 Å². The van der Waals surface area contributed by atoms with Gasteiger partial charge in [0.2, 0.25) is 0 Å². The van der Waals surface area contributed by atoms with E-state index < -0.39 is 55.3 Å². The fraction of sp³-hybridized carbons (Fsp3) is 0. The molecule has 0 rings (SSSR count). The number of aliphatic carboxylic acids is 4. The monoisotopic (exact) mass is 436 g/mol. The van der Waals surface area contributed by atoms with Crippen molar-refractivity contribution < 1.29 is 110 Å². The van der Waals surface area contributed by atoms with Gasteiger partial charge in [0.15, 0.2) is 0 Å². The molecule has 0 amide bonds. The second-order valence-corrected chi connectivity index (χ2v) is 2.64. The molecule has 0 aliphatic heterocycles. The first-order chi connectivity index (χ1) is 12.3. The minimum atomic E-state index is -2.42. The molecule has 0 bridgehead atoms. The van der Waals surface area contributed by atoms with Crippen molar-refractivity contribution in [3.8, 4) is 0 Å². The van der Waals surface area contributed by atoms with Gasteiger partial charge in [0, 0.05) is 0 Å². The van der Waals surface area contributed by atoms with Crippen LogP contribution in [0, 0.1) is 0 Å². The van der Waals surface area contributed by atoms with Gasteiger partial charge in [-0.3, -0.25) is 0 Å². The molecule has 0 aromatic rings. The van der Waals surface area contributed by atoms with Crippen LogP contribution in [-0.2, 0) is 38.4 Å². The van der Waals surface area contributed by atoms with E-state index in [0.717, 1.165) is 0 Å². The number of hydrogen-bond acceptors (Lipinski definition) is 11. The van der Waals surface area contributed by atoms with Crippen LogP contribution in [0.5, 0.6) is 0 Å². The van der Waals surface area contributed by atoms with Crippen molar-refractivity contribution in [2.24, 2.45) is 0 Å². The second kappa shape index (κ2) is 24.8. The Labute approximate surface area is 166 Å². The number of rotatable bonds is 4. The number of halogens is 4. The van der Waals surface area contributed by atoms with Crippen LogP contribution >= 0.6 is 0 Å². The number of carboxylic acids is 4. The van der Waals surface area contributed by atoms with Gasteiger partial charge >= 0.3 is 74.2 Å². The molecule has 0 atom stereocenters. The fourth-order valence-corrected chi connectivity index (χ4v) is 0. The maximum absolute atomic E-state index is 10.6. The van der Waals surface area contributed by atoms with Crippen LogP contribution in [0.4, 0.5) is 17.6 Å². The Balaban J connectivity index is -0.0000000569. The van der Waals surface area contributed by atoms with E-state index in [0.29, 0.717) is 0 Å². The Morgan fingerprint density at radius 1 is 0.517 bits per heavy atom. The van der Waals surface area contributed by atoms with Crippen LogP contribution in [0.25, 0.3) is 0 Å². The Bertz CT molecular complexity index is 448. The molecule has 21 heteroatoms. The molecule has 6 N–H and O–H groups in total. The van der Waals surface area contributed by atoms with Crippen molar-refractivity contribution in [2.75, 3.05) is 0 Å². The Hall–Kier alpha value is -3.18. The normalized spacial score (nSPS) is 7.14. The summed E-state index contributed by atoms with van der Waals surface area (Å²) in [4.78, 5) is 71.4. The number of carbonyl (C=O) groups excluding carboxylic acids is 4. The van der Waals surface area contributed by atoms with Gasteiger partial charge < -0.3 is 35.5 Å². The molecule has 0 aliphatic carbocycles. The van der Waals surface area contributed by atoms with Crippen LogP contribution in [0.1, 0.15) is 0 Å². The number of carbonyl (C=O) groups is 8. The molecule has 0 aromatic carbocycles. The van der Waals surface area contributed by atoms with E-state index >= 15 is 0 Å². The molecule has 29 heavy (non-hydrogen) atoms. The molecule has 0 aliphatic rings. The first-order valence-electron chi connectivity index (χ1n) is 5.04. The first kappa shape index (κ1) is 40.5. The van der Waals surface area contributed by atoms with Crippen molar-refractivity contribution in [3.63, 3.8) is 0 Å². The van der Waals surface area contributed by atoms with E-state index in [1.807, 2.05) is 0 Å². The molecule has 160 valence electrons. The molecule has 15 nitrogen and oxygen atoms in total. The summed E-state index contributed by atoms with van der Waals surface area (Å²) in [5, 5.41) is 51.8. The Kier molecular flexibility index (Phi) is 34.7. The van der Waals surface area contributed by atoms with E-state index in [1.165, 1.54) is 0 Å². The van der Waals surface area contributed by atoms with Crippen molar-refractivity contribution >= 4 is 55.3 Å². The summed E-state index contributed by atoms with van der Waals surface area (Å²) in [5.41, 5.74) is 0. The van der Waals surface area contributed by atoms with Gasteiger partial charge in [-0.1, -0.05) is 0 Å². The van der Waals surface area contributed by atoms with Gasteiger partial charge in [-0.2, -0.15) is 17.6 Å². The summed E-state index contributed by atoms with van der Waals surface area (Å²) in [7, 11) is -2.42. The second-order valence-electron chi connectivity index (χ2n) is 2.64. The largest absolute Gasteiger partial charge is 1.00 e. The van der Waals surface area contributed by atoms with Crippen LogP contribution in [0.3, 0.4) is 0 Å². The molecule has 0 radical (unpaired) electrons. The molecule has 0 saturated carbocycles. The number of hydrogen-bond donors (Lipinski definition) is 6. The van der Waals surface area contributed by atoms with E-state index in [4.69, 9.17) is 73.9 Å². The fourth-order valence-electron chi connectivity index (χ4n) is 0. The van der Waals surface area contributed by atoms with Crippen LogP contribution < -0.4 is 23.9 Å². The minimum Gasteiger partial charge on any atom is -0.832 e. The number of carboxylic acid groups (broad SMARTS) is 4. The third-order valence-corrected chi connectivity index (χ3v) is 0.673. The van der Waals surface area contributed by atoms with E-state index in [-0.39, 0.29) is 18.9 Å². The van der Waals surface area contributed by atoms with Crippen molar-refractivity contribution in [1.29, 1.82) is 0 Å². The van der Waals surface area contributed by atoms with Crippen LogP contribution in [-0.4, -0.2) is 85.8 Å². The first-order valence-corrected chi connectivity index (χ1v) is 5.04. The quantitative estimate of drug-likeness (QED) is 0.103. The smallest absolute Gasteiger partial charge is 0.832 e. The van der Waals surface area contributed by atoms with E-state index in [1.54, 1.807) is 0 Å². The maximum atomic E-state index is 10.6. The zero-order valence-corrected chi connectivity index (χ0v) is 13.4. The van der Waals surface area contributed by atoms with Gasteiger partial charge in [-0.25, -0.2) is 38.4 Å². The summed E-state index contributed by atoms with van der Waals surface area (Å²) in [5.74, 6) is -8.19. The third-order valence-electron chi connectivity index (χ3n) is 0.673. The maximum Gasteiger partial charge on any atom is 1.00 e. The van der Waals surface area contributed by atoms with Crippen LogP contribution in [0.15, 0.2) is 0 Å². The molecule has 0 spiro atoms. The van der Waals surface area contributed by atoms with Crippen molar-refractivity contribution in [2.45, 2.75) is 0 Å². The molecule has 0 heterocycles. The van der Waals surface area contributed by atoms with Gasteiger partial charge in [-0.15, -0.1) is 0 Å². The molecule has 0 saturated heterocycles. The summed E-state index contributed by atoms with van der Waals surface area (Å²) in [6.45, 7) is 0. The minimum absolute atomic E-state index is 0. The molecular weight excluding hydrogens is 430 g/mol. The third kappa shape index (κ3) is 78.6. The Morgan fingerprint density at radius 2 is 0.552 bits per heavy atom. The predicted molar refractivity (Wildman–Crippen MR) is 65.2 cm³/mol. The van der Waals surface area contributed by atoms with Crippen molar-refractivity contribution in [3.05, 3.63) is 0 Å². The standard InChI is InChI=1S/4C2HFO3.BH2O3.Li/c4*3-1(4)2(5)6;2-1(3)4;/h4*(H,5,6);2-3H;/q;;;;-1;+1. The predicted octanol–water partition coefficient (Wildman–Crippen LogP) is -7.41. The van der Waals surface area contributed by atoms with Gasteiger partial charge in [0.05, 0.1) is 0 Å². The van der Waals surface area contributed by atoms with Gasteiger partial charge in [-0.05, 0) is 0 Å².